The molecule has 0 saturated carbocycles. The number of hydrogen-bond acceptors (Lipinski definition) is 3. The molecule has 0 aliphatic carbocycles. The zero-order valence-electron chi connectivity index (χ0n) is 21.9. The quantitative estimate of drug-likeness (QED) is 0.321. The zero-order valence-corrected chi connectivity index (χ0v) is 22.7. The summed E-state index contributed by atoms with van der Waals surface area (Å²) >= 11 is 1.61. The monoisotopic (exact) mass is 491 g/mol. The third kappa shape index (κ3) is 8.42. The molecule has 1 amide bonds. The number of hydrogen-bond donors (Lipinski definition) is 1. The van der Waals surface area contributed by atoms with E-state index < -0.39 is 17.5 Å². The molecule has 0 aliphatic heterocycles. The fraction of sp³-hybridized carbons (Fsp3) is 0.481. The third-order valence-corrected chi connectivity index (χ3v) is 6.79. The van der Waals surface area contributed by atoms with Crippen LogP contribution in [-0.2, 0) is 13.0 Å². The van der Waals surface area contributed by atoms with Crippen molar-refractivity contribution in [1.82, 2.24) is 15.1 Å². The highest BCUT2D eigenvalue weighted by molar-refractivity contribution is 8.07. The summed E-state index contributed by atoms with van der Waals surface area (Å²) in [4.78, 5) is 14.9. The summed E-state index contributed by atoms with van der Waals surface area (Å²) in [5, 5.41) is 6.73. The molecule has 1 atom stereocenters. The van der Waals surface area contributed by atoms with Gasteiger partial charge in [-0.15, -0.1) is 0 Å². The zero-order chi connectivity index (χ0) is 26.1. The van der Waals surface area contributed by atoms with Gasteiger partial charge in [0.05, 0.1) is 6.04 Å². The molecule has 0 radical (unpaired) electrons. The van der Waals surface area contributed by atoms with Gasteiger partial charge in [-0.25, -0.2) is 0 Å². The summed E-state index contributed by atoms with van der Waals surface area (Å²) < 4.78 is 28.5. The number of nitrogens with one attached hydrogen (secondary N) is 1. The number of aryl methyl sites for hydroxylation is 1. The van der Waals surface area contributed by atoms with E-state index in [-0.39, 0.29) is 11.7 Å². The Hall–Kier alpha value is -2.41. The first-order valence-corrected chi connectivity index (χ1v) is 12.5. The Balaban J connectivity index is 3.20. The molecule has 1 aromatic rings. The number of rotatable bonds is 11. The van der Waals surface area contributed by atoms with Crippen LogP contribution < -0.4 is 5.32 Å². The van der Waals surface area contributed by atoms with Crippen LogP contribution in [0.25, 0.3) is 0 Å². The minimum atomic E-state index is -3.11. The number of thioether (sulfide) groups is 1. The van der Waals surface area contributed by atoms with Gasteiger partial charge in [0, 0.05) is 23.8 Å². The Morgan fingerprint density at radius 3 is 2.38 bits per heavy atom. The van der Waals surface area contributed by atoms with Gasteiger partial charge in [0.2, 0.25) is 0 Å². The Bertz CT molecular complexity index is 1000. The van der Waals surface area contributed by atoms with Crippen molar-refractivity contribution in [3.8, 4) is 0 Å². The fourth-order valence-corrected chi connectivity index (χ4v) is 4.38. The molecule has 0 saturated heterocycles. The molecule has 4 nitrogen and oxygen atoms in total. The molecule has 1 aromatic heterocycles. The molecule has 188 valence electrons. The fourth-order valence-electron chi connectivity index (χ4n) is 3.34. The maximum Gasteiger partial charge on any atom is 0.288 e. The van der Waals surface area contributed by atoms with Crippen molar-refractivity contribution in [2.45, 2.75) is 80.2 Å². The van der Waals surface area contributed by atoms with E-state index in [0.717, 1.165) is 41.2 Å². The minimum absolute atomic E-state index is 0.0954. The minimum Gasteiger partial charge on any atom is -0.344 e. The van der Waals surface area contributed by atoms with Crippen molar-refractivity contribution in [2.75, 3.05) is 0 Å². The van der Waals surface area contributed by atoms with Crippen molar-refractivity contribution >= 4 is 17.7 Å². The molecule has 0 aliphatic rings. The van der Waals surface area contributed by atoms with Crippen molar-refractivity contribution in [3.63, 3.8) is 0 Å². The molecule has 0 aromatic carbocycles. The largest absolute Gasteiger partial charge is 0.344 e. The van der Waals surface area contributed by atoms with Gasteiger partial charge in [0.25, 0.3) is 11.8 Å². The van der Waals surface area contributed by atoms with E-state index in [9.17, 15) is 13.6 Å². The lowest BCUT2D eigenvalue weighted by molar-refractivity contribution is 0.0122. The average molecular weight is 492 g/mol. The van der Waals surface area contributed by atoms with Crippen molar-refractivity contribution < 1.29 is 13.6 Å². The summed E-state index contributed by atoms with van der Waals surface area (Å²) in [7, 11) is 1.49. The van der Waals surface area contributed by atoms with Crippen LogP contribution in [0.15, 0.2) is 63.0 Å². The van der Waals surface area contributed by atoms with Gasteiger partial charge < -0.3 is 5.32 Å². The molecule has 0 spiro atoms. The van der Waals surface area contributed by atoms with Gasteiger partial charge in [0.15, 0.2) is 0 Å². The van der Waals surface area contributed by atoms with Crippen LogP contribution in [0.3, 0.4) is 0 Å². The molecule has 1 N–H and O–H groups in total. The van der Waals surface area contributed by atoms with E-state index in [2.05, 4.69) is 56.3 Å². The molecule has 7 heteroatoms. The molecule has 1 rings (SSSR count). The number of aromatic nitrogens is 2. The second kappa shape index (κ2) is 13.5. The van der Waals surface area contributed by atoms with Gasteiger partial charge in [-0.3, -0.25) is 9.48 Å². The average Bonchev–Trinajstić information content (AvgIpc) is 3.15. The second-order valence-electron chi connectivity index (χ2n) is 8.38. The molecular weight excluding hydrogens is 452 g/mol. The number of carbonyl (C=O) groups is 1. The summed E-state index contributed by atoms with van der Waals surface area (Å²) in [6.45, 7) is 15.0. The van der Waals surface area contributed by atoms with Crippen LogP contribution in [0.1, 0.15) is 84.4 Å². The lowest BCUT2D eigenvalue weighted by atomic mass is 10.1. The van der Waals surface area contributed by atoms with Crippen LogP contribution in [-0.4, -0.2) is 21.7 Å². The maximum absolute atomic E-state index is 13.6. The molecule has 1 heterocycles. The standard InChI is InChI=1S/C27H39F2N3OS/c1-10-14-20(12-3)16-21(15-11-2)25(18(5)6)34-23(13-4)19(7)30-26(33)22-17-24(27(8,28)29)31-32(22)9/h11,13-17,19H,10,12H2,1-9H3,(H,30,33)/b15-11-,20-14+,21-16+,23-13-. The van der Waals surface area contributed by atoms with Crippen LogP contribution in [0, 0.1) is 0 Å². The smallest absolute Gasteiger partial charge is 0.288 e. The van der Waals surface area contributed by atoms with Crippen LogP contribution in [0.2, 0.25) is 0 Å². The molecule has 0 fully saturated rings. The van der Waals surface area contributed by atoms with Gasteiger partial charge in [-0.05, 0) is 59.1 Å². The van der Waals surface area contributed by atoms with Crippen molar-refractivity contribution in [3.05, 3.63) is 74.4 Å². The van der Waals surface area contributed by atoms with E-state index in [4.69, 9.17) is 0 Å². The SMILES string of the molecule is C\C=C/C(=C\C(=C\CC)CC)C(S/C(=C\C)C(C)NC(=O)c1cc(C(C)(F)F)nn1C)=C(C)C. The van der Waals surface area contributed by atoms with Crippen LogP contribution in [0.5, 0.6) is 0 Å². The first-order chi connectivity index (χ1) is 15.9. The van der Waals surface area contributed by atoms with E-state index in [1.165, 1.54) is 22.9 Å². The molecule has 1 unspecified atom stereocenters. The molecular formula is C27H39F2N3OS. The highest BCUT2D eigenvalue weighted by atomic mass is 32.2. The van der Waals surface area contributed by atoms with E-state index >= 15 is 0 Å². The first kappa shape index (κ1) is 29.6. The summed E-state index contributed by atoms with van der Waals surface area (Å²) in [5.41, 5.74) is 3.23. The van der Waals surface area contributed by atoms with Gasteiger partial charge in [-0.1, -0.05) is 67.1 Å². The van der Waals surface area contributed by atoms with Crippen LogP contribution >= 0.6 is 11.8 Å². The third-order valence-electron chi connectivity index (χ3n) is 5.12. The highest BCUT2D eigenvalue weighted by Gasteiger charge is 2.30. The second-order valence-corrected chi connectivity index (χ2v) is 9.47. The predicted molar refractivity (Wildman–Crippen MR) is 141 cm³/mol. The first-order valence-electron chi connectivity index (χ1n) is 11.7. The lowest BCUT2D eigenvalue weighted by Gasteiger charge is -2.20. The van der Waals surface area contributed by atoms with E-state index in [1.807, 2.05) is 32.9 Å². The summed E-state index contributed by atoms with van der Waals surface area (Å²) in [6.07, 6.45) is 12.5. The van der Waals surface area contributed by atoms with Crippen molar-refractivity contribution in [2.24, 2.45) is 7.05 Å². The predicted octanol–water partition coefficient (Wildman–Crippen LogP) is 7.83. The Morgan fingerprint density at radius 2 is 1.94 bits per heavy atom. The summed E-state index contributed by atoms with van der Waals surface area (Å²) in [6, 6.07) is 0.826. The van der Waals surface area contributed by atoms with E-state index in [1.54, 1.807) is 11.8 Å². The topological polar surface area (TPSA) is 46.9 Å². The Labute approximate surface area is 208 Å². The molecule has 34 heavy (non-hydrogen) atoms. The number of halogens is 2. The number of amides is 1. The normalized spacial score (nSPS) is 14.5. The van der Waals surface area contributed by atoms with Crippen molar-refractivity contribution in [1.29, 1.82) is 0 Å². The van der Waals surface area contributed by atoms with Gasteiger partial charge >= 0.3 is 0 Å². The Morgan fingerprint density at radius 1 is 1.29 bits per heavy atom. The number of alkyl halides is 2. The maximum atomic E-state index is 13.6. The van der Waals surface area contributed by atoms with E-state index in [0.29, 0.717) is 0 Å². The highest BCUT2D eigenvalue weighted by Crippen LogP contribution is 2.37. The summed E-state index contributed by atoms with van der Waals surface area (Å²) in [5.74, 6) is -3.55. The Kier molecular flexibility index (Phi) is 11.7. The number of carbonyl (C=O) groups excluding carboxylic acids is 1. The number of allylic oxidation sites excluding steroid dienone is 8. The van der Waals surface area contributed by atoms with Gasteiger partial charge in [-0.2, -0.15) is 13.9 Å². The molecule has 0 bridgehead atoms. The lowest BCUT2D eigenvalue weighted by Crippen LogP contribution is -2.34. The van der Waals surface area contributed by atoms with Gasteiger partial charge in [0.1, 0.15) is 11.4 Å². The van der Waals surface area contributed by atoms with Crippen LogP contribution in [0.4, 0.5) is 8.78 Å². The number of nitrogens with zero attached hydrogens (tertiary/aromatic N) is 2.